The molecule has 0 aliphatic heterocycles. The van der Waals surface area contributed by atoms with E-state index in [0.717, 1.165) is 0 Å². The van der Waals surface area contributed by atoms with Crippen molar-refractivity contribution < 1.29 is 13.6 Å². The minimum atomic E-state index is -2.59. The van der Waals surface area contributed by atoms with Gasteiger partial charge in [0, 0.05) is 30.1 Å². The quantitative estimate of drug-likeness (QED) is 0.569. The van der Waals surface area contributed by atoms with E-state index >= 15 is 0 Å². The first-order valence-corrected chi connectivity index (χ1v) is 8.19. The van der Waals surface area contributed by atoms with Crippen LogP contribution in [0.15, 0.2) is 54.7 Å². The molecule has 0 aliphatic carbocycles. The topological polar surface area (TPSA) is 75.6 Å². The van der Waals surface area contributed by atoms with Gasteiger partial charge in [0.15, 0.2) is 0 Å². The average molecular weight is 367 g/mol. The van der Waals surface area contributed by atoms with Gasteiger partial charge in [-0.25, -0.2) is 13.8 Å². The number of benzene rings is 2. The minimum absolute atomic E-state index is 0.0821. The van der Waals surface area contributed by atoms with Crippen LogP contribution in [0.5, 0.6) is 0 Å². The number of amides is 1. The Kier molecular flexibility index (Phi) is 4.15. The van der Waals surface area contributed by atoms with Crippen LogP contribution in [0.25, 0.3) is 22.4 Å². The molecule has 2 N–H and O–H groups in total. The fourth-order valence-corrected chi connectivity index (χ4v) is 2.91. The number of hydrogen-bond acceptors (Lipinski definition) is 3. The highest BCUT2D eigenvalue weighted by Crippen LogP contribution is 2.31. The number of nitrogens with zero attached hydrogens (tertiary/aromatic N) is 3. The third kappa shape index (κ3) is 3.17. The molecule has 2 heterocycles. The molecular weight excluding hydrogens is 352 g/mol. The predicted molar refractivity (Wildman–Crippen MR) is 97.6 cm³/mol. The number of rotatable bonds is 4. The van der Waals surface area contributed by atoms with Crippen molar-refractivity contribution in [1.82, 2.24) is 19.7 Å². The monoisotopic (exact) mass is 367 g/mol. The van der Waals surface area contributed by atoms with Crippen LogP contribution in [0.3, 0.4) is 0 Å². The number of imidazole rings is 1. The third-order valence-electron chi connectivity index (χ3n) is 4.24. The first-order chi connectivity index (χ1) is 13.0. The second kappa shape index (κ2) is 6.64. The number of nitrogens with one attached hydrogen (secondary N) is 2. The van der Waals surface area contributed by atoms with Crippen molar-refractivity contribution in [3.63, 3.8) is 0 Å². The molecule has 1 amide bonds. The van der Waals surface area contributed by atoms with Gasteiger partial charge >= 0.3 is 0 Å². The van der Waals surface area contributed by atoms with E-state index in [2.05, 4.69) is 20.4 Å². The predicted octanol–water partition coefficient (Wildman–Crippen LogP) is 4.15. The molecule has 6 nitrogen and oxygen atoms in total. The van der Waals surface area contributed by atoms with Gasteiger partial charge in [-0.3, -0.25) is 9.48 Å². The van der Waals surface area contributed by atoms with E-state index in [1.54, 1.807) is 55.7 Å². The molecule has 4 aromatic rings. The highest BCUT2D eigenvalue weighted by atomic mass is 19.3. The Bertz CT molecular complexity index is 1130. The summed E-state index contributed by atoms with van der Waals surface area (Å²) in [7, 11) is 1.68. The van der Waals surface area contributed by atoms with Gasteiger partial charge in [-0.1, -0.05) is 24.3 Å². The lowest BCUT2D eigenvalue weighted by Crippen LogP contribution is -2.15. The smallest absolute Gasteiger partial charge is 0.273 e. The number of alkyl halides is 2. The molecule has 2 aromatic heterocycles. The van der Waals surface area contributed by atoms with Crippen molar-refractivity contribution in [1.29, 1.82) is 0 Å². The Labute approximate surface area is 152 Å². The number of carbonyl (C=O) groups excluding carboxylic acids is 1. The van der Waals surface area contributed by atoms with Gasteiger partial charge in [0.05, 0.1) is 11.0 Å². The fraction of sp³-hybridized carbons (Fsp3) is 0.105. The number of aromatic nitrogens is 4. The lowest BCUT2D eigenvalue weighted by molar-refractivity contribution is 0.101. The number of fused-ring (bicyclic) bond motifs is 1. The first kappa shape index (κ1) is 16.9. The van der Waals surface area contributed by atoms with Crippen LogP contribution in [0.1, 0.15) is 22.5 Å². The number of H-pyrrole nitrogens is 1. The van der Waals surface area contributed by atoms with E-state index in [-0.39, 0.29) is 11.5 Å². The van der Waals surface area contributed by atoms with Crippen molar-refractivity contribution in [3.8, 4) is 11.4 Å². The Morgan fingerprint density at radius 1 is 1.19 bits per heavy atom. The molecule has 8 heteroatoms. The lowest BCUT2D eigenvalue weighted by Gasteiger charge is -2.05. The van der Waals surface area contributed by atoms with E-state index < -0.39 is 6.43 Å². The molecule has 0 aliphatic rings. The Balaban J connectivity index is 1.67. The summed E-state index contributed by atoms with van der Waals surface area (Å²) < 4.78 is 28.0. The highest BCUT2D eigenvalue weighted by Gasteiger charge is 2.16. The summed E-state index contributed by atoms with van der Waals surface area (Å²) in [5.74, 6) is 0.0631. The van der Waals surface area contributed by atoms with Crippen LogP contribution in [0.4, 0.5) is 14.5 Å². The van der Waals surface area contributed by atoms with Crippen molar-refractivity contribution in [2.75, 3.05) is 5.32 Å². The Hall–Kier alpha value is -3.55. The van der Waals surface area contributed by atoms with Crippen LogP contribution in [0.2, 0.25) is 0 Å². The summed E-state index contributed by atoms with van der Waals surface area (Å²) in [5.41, 5.74) is 2.51. The molecule has 0 saturated heterocycles. The summed E-state index contributed by atoms with van der Waals surface area (Å²) in [6.45, 7) is 0. The molecule has 0 bridgehead atoms. The normalized spacial score (nSPS) is 11.3. The van der Waals surface area contributed by atoms with E-state index in [9.17, 15) is 13.6 Å². The summed E-state index contributed by atoms with van der Waals surface area (Å²) in [5, 5.41) is 6.76. The zero-order valence-electron chi connectivity index (χ0n) is 14.3. The number of aryl methyl sites for hydroxylation is 1. The maximum absolute atomic E-state index is 13.2. The lowest BCUT2D eigenvalue weighted by atomic mass is 10.1. The Morgan fingerprint density at radius 2 is 2.00 bits per heavy atom. The summed E-state index contributed by atoms with van der Waals surface area (Å²) in [4.78, 5) is 19.7. The Morgan fingerprint density at radius 3 is 2.74 bits per heavy atom. The second-order valence-electron chi connectivity index (χ2n) is 6.00. The molecular formula is C19H15F2N5O. The second-order valence-corrected chi connectivity index (χ2v) is 6.00. The number of hydrogen-bond donors (Lipinski definition) is 2. The van der Waals surface area contributed by atoms with Crippen molar-refractivity contribution in [2.24, 2.45) is 7.05 Å². The van der Waals surface area contributed by atoms with Gasteiger partial charge in [-0.15, -0.1) is 0 Å². The zero-order chi connectivity index (χ0) is 19.0. The van der Waals surface area contributed by atoms with Crippen LogP contribution >= 0.6 is 0 Å². The number of aromatic amines is 1. The number of anilines is 1. The van der Waals surface area contributed by atoms with Gasteiger partial charge in [0.25, 0.3) is 12.3 Å². The van der Waals surface area contributed by atoms with Gasteiger partial charge in [0.1, 0.15) is 11.5 Å². The van der Waals surface area contributed by atoms with Crippen LogP contribution in [0, 0.1) is 0 Å². The summed E-state index contributed by atoms with van der Waals surface area (Å²) >= 11 is 0. The molecule has 0 spiro atoms. The van der Waals surface area contributed by atoms with Gasteiger partial charge in [0.2, 0.25) is 0 Å². The fourth-order valence-electron chi connectivity index (χ4n) is 2.91. The molecule has 2 aromatic carbocycles. The SMILES string of the molecule is Cn1nccc1C(=O)Nc1ccc2nc(-c3ccccc3C(F)F)[nH]c2c1. The third-order valence-corrected chi connectivity index (χ3v) is 4.24. The largest absolute Gasteiger partial charge is 0.338 e. The number of carbonyl (C=O) groups is 1. The van der Waals surface area contributed by atoms with Crippen LogP contribution < -0.4 is 5.32 Å². The molecule has 0 atom stereocenters. The average Bonchev–Trinajstić information content (AvgIpc) is 3.27. The van der Waals surface area contributed by atoms with Gasteiger partial charge in [-0.05, 0) is 24.3 Å². The molecule has 0 fully saturated rings. The maximum atomic E-state index is 13.2. The zero-order valence-corrected chi connectivity index (χ0v) is 14.3. The molecule has 136 valence electrons. The summed E-state index contributed by atoms with van der Waals surface area (Å²) in [6.07, 6.45) is -1.05. The summed E-state index contributed by atoms with van der Waals surface area (Å²) in [6, 6.07) is 13.0. The van der Waals surface area contributed by atoms with Crippen molar-refractivity contribution >= 4 is 22.6 Å². The van der Waals surface area contributed by atoms with E-state index in [4.69, 9.17) is 0 Å². The molecule has 0 radical (unpaired) electrons. The highest BCUT2D eigenvalue weighted by molar-refractivity contribution is 6.03. The first-order valence-electron chi connectivity index (χ1n) is 8.19. The van der Waals surface area contributed by atoms with Crippen molar-refractivity contribution in [2.45, 2.75) is 6.43 Å². The van der Waals surface area contributed by atoms with E-state index in [1.165, 1.54) is 10.7 Å². The standard InChI is InChI=1S/C19H15F2N5O/c1-26-16(8-9-22-26)19(27)23-11-6-7-14-15(10-11)25-18(24-14)13-5-3-2-4-12(13)17(20)21/h2-10,17H,1H3,(H,23,27)(H,24,25). The van der Waals surface area contributed by atoms with Crippen LogP contribution in [-0.2, 0) is 7.05 Å². The van der Waals surface area contributed by atoms with Gasteiger partial charge in [-0.2, -0.15) is 5.10 Å². The van der Waals surface area contributed by atoms with Crippen LogP contribution in [-0.4, -0.2) is 25.7 Å². The van der Waals surface area contributed by atoms with Crippen molar-refractivity contribution in [3.05, 3.63) is 66.0 Å². The van der Waals surface area contributed by atoms with Gasteiger partial charge < -0.3 is 10.3 Å². The maximum Gasteiger partial charge on any atom is 0.273 e. The van der Waals surface area contributed by atoms with E-state index in [0.29, 0.717) is 33.8 Å². The molecule has 27 heavy (non-hydrogen) atoms. The van der Waals surface area contributed by atoms with E-state index in [1.807, 2.05) is 0 Å². The molecule has 0 saturated carbocycles. The molecule has 4 rings (SSSR count). The molecule has 0 unspecified atom stereocenters. The number of halogens is 2. The minimum Gasteiger partial charge on any atom is -0.338 e.